The number of halogens is 1. The zero-order valence-corrected chi connectivity index (χ0v) is 15.3. The molecule has 0 saturated carbocycles. The van der Waals surface area contributed by atoms with Gasteiger partial charge in [0.25, 0.3) is 11.6 Å². The monoisotopic (exact) mass is 394 g/mol. The van der Waals surface area contributed by atoms with Crippen molar-refractivity contribution < 1.29 is 19.2 Å². The van der Waals surface area contributed by atoms with Crippen molar-refractivity contribution in [3.63, 3.8) is 0 Å². The van der Waals surface area contributed by atoms with E-state index >= 15 is 0 Å². The third-order valence-corrected chi connectivity index (χ3v) is 4.49. The number of nitro groups is 1. The van der Waals surface area contributed by atoms with Gasteiger partial charge in [0.15, 0.2) is 6.61 Å². The minimum atomic E-state index is -0.581. The molecule has 0 heterocycles. The van der Waals surface area contributed by atoms with E-state index in [1.165, 1.54) is 36.0 Å². The standard InChI is InChI=1S/C17H15ClN2O5S/c1-11(26-15-7-5-12(18)6-8-15)17(22)25-10-16(21)19-13-3-2-4-14(9-13)20(23)24/h2-9,11H,10H2,1H3,(H,19,21)/t11-/m0/s1. The molecule has 7 nitrogen and oxygen atoms in total. The lowest BCUT2D eigenvalue weighted by molar-refractivity contribution is -0.384. The summed E-state index contributed by atoms with van der Waals surface area (Å²) >= 11 is 7.09. The molecule has 0 aliphatic rings. The van der Waals surface area contributed by atoms with Crippen LogP contribution in [0.15, 0.2) is 53.4 Å². The Morgan fingerprint density at radius 1 is 1.27 bits per heavy atom. The molecule has 0 aliphatic heterocycles. The summed E-state index contributed by atoms with van der Waals surface area (Å²) in [5, 5.41) is 13.2. The van der Waals surface area contributed by atoms with Gasteiger partial charge in [-0.15, -0.1) is 11.8 Å². The van der Waals surface area contributed by atoms with Crippen LogP contribution in [0.4, 0.5) is 11.4 Å². The molecule has 136 valence electrons. The smallest absolute Gasteiger partial charge is 0.319 e. The molecule has 0 aliphatic carbocycles. The van der Waals surface area contributed by atoms with E-state index in [1.807, 2.05) is 0 Å². The number of carbonyl (C=O) groups excluding carboxylic acids is 2. The highest BCUT2D eigenvalue weighted by molar-refractivity contribution is 8.00. The van der Waals surface area contributed by atoms with Crippen LogP contribution >= 0.6 is 23.4 Å². The molecule has 0 radical (unpaired) electrons. The minimum absolute atomic E-state index is 0.146. The van der Waals surface area contributed by atoms with E-state index in [0.717, 1.165) is 4.90 Å². The first kappa shape index (κ1) is 19.7. The normalized spacial score (nSPS) is 11.5. The lowest BCUT2D eigenvalue weighted by atomic mass is 10.3. The number of nitro benzene ring substituents is 1. The van der Waals surface area contributed by atoms with E-state index in [4.69, 9.17) is 16.3 Å². The van der Waals surface area contributed by atoms with E-state index < -0.39 is 28.7 Å². The number of esters is 1. The predicted molar refractivity (Wildman–Crippen MR) is 99.5 cm³/mol. The van der Waals surface area contributed by atoms with Crippen LogP contribution in [-0.2, 0) is 14.3 Å². The quantitative estimate of drug-likeness (QED) is 0.331. The number of anilines is 1. The van der Waals surface area contributed by atoms with Gasteiger partial charge >= 0.3 is 5.97 Å². The number of hydrogen-bond acceptors (Lipinski definition) is 6. The van der Waals surface area contributed by atoms with Gasteiger partial charge in [-0.3, -0.25) is 19.7 Å². The summed E-state index contributed by atoms with van der Waals surface area (Å²) in [6.45, 7) is 1.19. The van der Waals surface area contributed by atoms with Crippen molar-refractivity contribution in [3.8, 4) is 0 Å². The number of nitrogens with zero attached hydrogens (tertiary/aromatic N) is 1. The first-order valence-electron chi connectivity index (χ1n) is 7.48. The van der Waals surface area contributed by atoms with Crippen molar-refractivity contribution in [2.75, 3.05) is 11.9 Å². The zero-order valence-electron chi connectivity index (χ0n) is 13.7. The molecule has 1 atom stereocenters. The summed E-state index contributed by atoms with van der Waals surface area (Å²) < 4.78 is 4.98. The van der Waals surface area contributed by atoms with E-state index in [1.54, 1.807) is 31.2 Å². The van der Waals surface area contributed by atoms with Crippen molar-refractivity contribution in [2.45, 2.75) is 17.1 Å². The van der Waals surface area contributed by atoms with Gasteiger partial charge in [0.1, 0.15) is 5.25 Å². The Morgan fingerprint density at radius 2 is 1.96 bits per heavy atom. The molecule has 0 spiro atoms. The summed E-state index contributed by atoms with van der Waals surface area (Å²) in [4.78, 5) is 34.8. The van der Waals surface area contributed by atoms with Gasteiger partial charge in [0.2, 0.25) is 0 Å². The fourth-order valence-corrected chi connectivity index (χ4v) is 2.91. The van der Waals surface area contributed by atoms with Crippen molar-refractivity contribution in [2.24, 2.45) is 0 Å². The van der Waals surface area contributed by atoms with Gasteiger partial charge in [-0.05, 0) is 37.3 Å². The average molecular weight is 395 g/mol. The fourth-order valence-electron chi connectivity index (χ4n) is 1.91. The average Bonchev–Trinajstić information content (AvgIpc) is 2.61. The summed E-state index contributed by atoms with van der Waals surface area (Å²) in [6, 6.07) is 12.5. The van der Waals surface area contributed by atoms with Gasteiger partial charge in [-0.2, -0.15) is 0 Å². The summed E-state index contributed by atoms with van der Waals surface area (Å²) in [7, 11) is 0. The fraction of sp³-hybridized carbons (Fsp3) is 0.176. The first-order valence-corrected chi connectivity index (χ1v) is 8.74. The molecule has 0 saturated heterocycles. The van der Waals surface area contributed by atoms with E-state index in [-0.39, 0.29) is 11.4 Å². The van der Waals surface area contributed by atoms with Crippen molar-refractivity contribution in [1.29, 1.82) is 0 Å². The second-order valence-corrected chi connectivity index (χ2v) is 7.03. The number of benzene rings is 2. The molecule has 0 bridgehead atoms. The molecular weight excluding hydrogens is 380 g/mol. The van der Waals surface area contributed by atoms with Gasteiger partial charge in [0, 0.05) is 27.7 Å². The number of nitrogens with one attached hydrogen (secondary N) is 1. The Balaban J connectivity index is 1.82. The summed E-state index contributed by atoms with van der Waals surface area (Å²) in [5.41, 5.74) is 0.108. The Bertz CT molecular complexity index is 813. The highest BCUT2D eigenvalue weighted by Gasteiger charge is 2.17. The molecule has 0 fully saturated rings. The molecule has 1 amide bonds. The number of thioether (sulfide) groups is 1. The van der Waals surface area contributed by atoms with Crippen molar-refractivity contribution in [1.82, 2.24) is 0 Å². The van der Waals surface area contributed by atoms with Crippen LogP contribution in [-0.4, -0.2) is 28.7 Å². The van der Waals surface area contributed by atoms with Crippen LogP contribution in [0.3, 0.4) is 0 Å². The highest BCUT2D eigenvalue weighted by Crippen LogP contribution is 2.25. The molecule has 1 N–H and O–H groups in total. The molecule has 26 heavy (non-hydrogen) atoms. The Hall–Kier alpha value is -2.58. The summed E-state index contributed by atoms with van der Waals surface area (Å²) in [6.07, 6.45) is 0. The largest absolute Gasteiger partial charge is 0.455 e. The Morgan fingerprint density at radius 3 is 2.62 bits per heavy atom. The molecule has 0 unspecified atom stereocenters. The highest BCUT2D eigenvalue weighted by atomic mass is 35.5. The number of amides is 1. The number of rotatable bonds is 7. The van der Waals surface area contributed by atoms with Crippen LogP contribution in [0.25, 0.3) is 0 Å². The van der Waals surface area contributed by atoms with Crippen molar-refractivity contribution >= 4 is 46.6 Å². The minimum Gasteiger partial charge on any atom is -0.455 e. The third-order valence-electron chi connectivity index (χ3n) is 3.14. The van der Waals surface area contributed by atoms with Crippen LogP contribution < -0.4 is 5.32 Å². The third kappa shape index (κ3) is 6.05. The van der Waals surface area contributed by atoms with Gasteiger partial charge in [-0.25, -0.2) is 0 Å². The molecule has 2 rings (SSSR count). The van der Waals surface area contributed by atoms with Crippen LogP contribution in [0.1, 0.15) is 6.92 Å². The lowest BCUT2D eigenvalue weighted by Gasteiger charge is -2.11. The molecule has 2 aromatic carbocycles. The maximum Gasteiger partial charge on any atom is 0.319 e. The maximum atomic E-state index is 12.0. The molecular formula is C17H15ClN2O5S. The van der Waals surface area contributed by atoms with E-state index in [0.29, 0.717) is 5.02 Å². The summed E-state index contributed by atoms with van der Waals surface area (Å²) in [5.74, 6) is -1.12. The van der Waals surface area contributed by atoms with Crippen LogP contribution in [0.5, 0.6) is 0 Å². The second-order valence-electron chi connectivity index (χ2n) is 5.18. The molecule has 9 heteroatoms. The maximum absolute atomic E-state index is 12.0. The van der Waals surface area contributed by atoms with Crippen LogP contribution in [0, 0.1) is 10.1 Å². The molecule has 0 aromatic heterocycles. The first-order chi connectivity index (χ1) is 12.3. The van der Waals surface area contributed by atoms with Crippen molar-refractivity contribution in [3.05, 3.63) is 63.7 Å². The topological polar surface area (TPSA) is 98.5 Å². The number of ether oxygens (including phenoxy) is 1. The van der Waals surface area contributed by atoms with Crippen LogP contribution in [0.2, 0.25) is 5.02 Å². The second kappa shape index (κ2) is 9.21. The zero-order chi connectivity index (χ0) is 19.1. The van der Waals surface area contributed by atoms with E-state index in [2.05, 4.69) is 5.32 Å². The van der Waals surface area contributed by atoms with Gasteiger partial charge in [0.05, 0.1) is 4.92 Å². The Labute approximate surface area is 158 Å². The van der Waals surface area contributed by atoms with Gasteiger partial charge < -0.3 is 10.1 Å². The predicted octanol–water partition coefficient (Wildman–Crippen LogP) is 3.91. The molecule has 2 aromatic rings. The van der Waals surface area contributed by atoms with Gasteiger partial charge in [-0.1, -0.05) is 17.7 Å². The van der Waals surface area contributed by atoms with E-state index in [9.17, 15) is 19.7 Å². The lowest BCUT2D eigenvalue weighted by Crippen LogP contribution is -2.24. The number of non-ortho nitro benzene ring substituents is 1. The number of hydrogen-bond donors (Lipinski definition) is 1. The number of carbonyl (C=O) groups is 2. The Kier molecular flexibility index (Phi) is 6.99. The SMILES string of the molecule is C[C@H](Sc1ccc(Cl)cc1)C(=O)OCC(=O)Nc1cccc([N+](=O)[O-])c1.